The van der Waals surface area contributed by atoms with E-state index in [1.165, 1.54) is 6.42 Å². The molecule has 1 aliphatic carbocycles. The van der Waals surface area contributed by atoms with E-state index in [9.17, 15) is 9.59 Å². The predicted molar refractivity (Wildman–Crippen MR) is 91.3 cm³/mol. The minimum absolute atomic E-state index is 0.0275. The second-order valence-electron chi connectivity index (χ2n) is 6.81. The van der Waals surface area contributed by atoms with Crippen molar-refractivity contribution in [3.8, 4) is 0 Å². The van der Waals surface area contributed by atoms with Gasteiger partial charge in [0.2, 0.25) is 11.8 Å². The largest absolute Gasteiger partial charge is 0.383 e. The van der Waals surface area contributed by atoms with Crippen LogP contribution in [0.5, 0.6) is 0 Å². The molecular weight excluding hydrogens is 304 g/mol. The number of carbonyl (C=O) groups excluding carboxylic acids is 2. The zero-order chi connectivity index (χ0) is 17.0. The van der Waals surface area contributed by atoms with Crippen LogP contribution in [0.25, 0.3) is 0 Å². The first-order chi connectivity index (χ1) is 11.7. The number of benzene rings is 1. The molecule has 1 spiro atoms. The Bertz CT molecular complexity index is 582. The summed E-state index contributed by atoms with van der Waals surface area (Å²) in [5, 5.41) is 2.81. The molecule has 130 valence electrons. The summed E-state index contributed by atoms with van der Waals surface area (Å²) in [6.45, 7) is 1.08. The predicted octanol–water partition coefficient (Wildman–Crippen LogP) is 2.28. The third-order valence-corrected chi connectivity index (χ3v) is 5.33. The van der Waals surface area contributed by atoms with Gasteiger partial charge in [-0.2, -0.15) is 0 Å². The quantitative estimate of drug-likeness (QED) is 0.643. The Balaban J connectivity index is 1.75. The van der Waals surface area contributed by atoms with Gasteiger partial charge in [-0.05, 0) is 18.4 Å². The highest BCUT2D eigenvalue weighted by Crippen LogP contribution is 2.57. The first-order valence-electron chi connectivity index (χ1n) is 8.81. The van der Waals surface area contributed by atoms with E-state index >= 15 is 0 Å². The standard InChI is InChI=1S/C19H26N2O3/c1-24-13-12-20-16(22)14-21-17(15-8-4-2-5-9-15)19(18(21)23)10-6-3-7-11-19/h2,4-5,8-9,17H,3,6-7,10-14H2,1H3,(H,20,22). The molecule has 2 fully saturated rings. The number of hydrogen-bond donors (Lipinski definition) is 1. The van der Waals surface area contributed by atoms with Gasteiger partial charge in [0, 0.05) is 13.7 Å². The number of rotatable bonds is 6. The molecule has 1 atom stereocenters. The SMILES string of the molecule is COCCNC(=O)CN1C(=O)C2(CCCCC2)C1c1ccccc1. The number of nitrogens with zero attached hydrogens (tertiary/aromatic N) is 1. The number of ether oxygens (including phenoxy) is 1. The lowest BCUT2D eigenvalue weighted by Gasteiger charge is -2.58. The molecule has 1 aromatic carbocycles. The van der Waals surface area contributed by atoms with Crippen LogP contribution in [0.3, 0.4) is 0 Å². The van der Waals surface area contributed by atoms with E-state index in [4.69, 9.17) is 4.74 Å². The average Bonchev–Trinajstić information content (AvgIpc) is 2.63. The average molecular weight is 330 g/mol. The van der Waals surface area contributed by atoms with E-state index in [-0.39, 0.29) is 29.8 Å². The summed E-state index contributed by atoms with van der Waals surface area (Å²) < 4.78 is 4.94. The zero-order valence-corrected chi connectivity index (χ0v) is 14.3. The Morgan fingerprint density at radius 3 is 2.62 bits per heavy atom. The van der Waals surface area contributed by atoms with E-state index in [0.717, 1.165) is 31.2 Å². The molecule has 1 unspecified atom stereocenters. The first kappa shape index (κ1) is 17.0. The summed E-state index contributed by atoms with van der Waals surface area (Å²) in [5.41, 5.74) is 0.857. The number of carbonyl (C=O) groups is 2. The van der Waals surface area contributed by atoms with Crippen LogP contribution in [-0.4, -0.2) is 43.5 Å². The van der Waals surface area contributed by atoms with Gasteiger partial charge in [0.25, 0.3) is 0 Å². The van der Waals surface area contributed by atoms with Gasteiger partial charge in [0.15, 0.2) is 0 Å². The molecule has 0 aromatic heterocycles. The van der Waals surface area contributed by atoms with Crippen molar-refractivity contribution in [1.29, 1.82) is 0 Å². The fraction of sp³-hybridized carbons (Fsp3) is 0.579. The highest BCUT2D eigenvalue weighted by Gasteiger charge is 2.60. The van der Waals surface area contributed by atoms with Crippen LogP contribution < -0.4 is 5.32 Å². The summed E-state index contributed by atoms with van der Waals surface area (Å²) in [6, 6.07) is 10.2. The molecule has 1 aromatic rings. The highest BCUT2D eigenvalue weighted by molar-refractivity contribution is 5.94. The van der Waals surface area contributed by atoms with E-state index in [0.29, 0.717) is 13.2 Å². The molecule has 1 aliphatic heterocycles. The number of amides is 2. The Morgan fingerprint density at radius 2 is 1.96 bits per heavy atom. The van der Waals surface area contributed by atoms with E-state index in [1.807, 2.05) is 18.2 Å². The minimum Gasteiger partial charge on any atom is -0.383 e. The van der Waals surface area contributed by atoms with Gasteiger partial charge in [-0.1, -0.05) is 49.6 Å². The molecule has 5 nitrogen and oxygen atoms in total. The molecule has 2 aliphatic rings. The summed E-state index contributed by atoms with van der Waals surface area (Å²) in [6.07, 6.45) is 5.28. The lowest BCUT2D eigenvalue weighted by Crippen LogP contribution is -2.65. The number of methoxy groups -OCH3 is 1. The van der Waals surface area contributed by atoms with Crippen LogP contribution in [0, 0.1) is 5.41 Å². The van der Waals surface area contributed by atoms with Gasteiger partial charge in [-0.3, -0.25) is 9.59 Å². The molecule has 2 amide bonds. The van der Waals surface area contributed by atoms with Crippen molar-refractivity contribution in [3.05, 3.63) is 35.9 Å². The Hall–Kier alpha value is -1.88. The lowest BCUT2D eigenvalue weighted by atomic mass is 9.60. The van der Waals surface area contributed by atoms with E-state index < -0.39 is 0 Å². The van der Waals surface area contributed by atoms with Gasteiger partial charge in [0.05, 0.1) is 18.1 Å². The van der Waals surface area contributed by atoms with Crippen LogP contribution in [0.15, 0.2) is 30.3 Å². The van der Waals surface area contributed by atoms with Crippen molar-refractivity contribution in [2.24, 2.45) is 5.41 Å². The maximum atomic E-state index is 12.9. The molecule has 0 bridgehead atoms. The number of nitrogens with one attached hydrogen (secondary N) is 1. The molecular formula is C19H26N2O3. The third kappa shape index (κ3) is 3.05. The summed E-state index contributed by atoms with van der Waals surface area (Å²) >= 11 is 0. The van der Waals surface area contributed by atoms with Gasteiger partial charge >= 0.3 is 0 Å². The van der Waals surface area contributed by atoms with Crippen LogP contribution in [-0.2, 0) is 14.3 Å². The van der Waals surface area contributed by atoms with Gasteiger partial charge in [-0.15, -0.1) is 0 Å². The molecule has 1 saturated carbocycles. The second kappa shape index (κ2) is 7.34. The first-order valence-corrected chi connectivity index (χ1v) is 8.81. The van der Waals surface area contributed by atoms with Crippen LogP contribution in [0.2, 0.25) is 0 Å². The van der Waals surface area contributed by atoms with Crippen LogP contribution >= 0.6 is 0 Å². The van der Waals surface area contributed by atoms with Crippen LogP contribution in [0.1, 0.15) is 43.7 Å². The molecule has 1 saturated heterocycles. The third-order valence-electron chi connectivity index (χ3n) is 5.33. The summed E-state index contributed by atoms with van der Waals surface area (Å²) in [7, 11) is 1.60. The Kier molecular flexibility index (Phi) is 5.19. The van der Waals surface area contributed by atoms with Crippen molar-refractivity contribution in [2.45, 2.75) is 38.1 Å². The Morgan fingerprint density at radius 1 is 1.25 bits per heavy atom. The zero-order valence-electron chi connectivity index (χ0n) is 14.3. The smallest absolute Gasteiger partial charge is 0.239 e. The van der Waals surface area contributed by atoms with Crippen molar-refractivity contribution in [1.82, 2.24) is 10.2 Å². The minimum atomic E-state index is -0.285. The molecule has 3 rings (SSSR count). The van der Waals surface area contributed by atoms with Crippen molar-refractivity contribution >= 4 is 11.8 Å². The maximum absolute atomic E-state index is 12.9. The van der Waals surface area contributed by atoms with Crippen molar-refractivity contribution in [3.63, 3.8) is 0 Å². The van der Waals surface area contributed by atoms with E-state index in [1.54, 1.807) is 12.0 Å². The fourth-order valence-electron chi connectivity index (χ4n) is 4.22. The highest BCUT2D eigenvalue weighted by atomic mass is 16.5. The number of β-lactam (4-membered cyclic amide) rings is 1. The van der Waals surface area contributed by atoms with E-state index in [2.05, 4.69) is 17.4 Å². The van der Waals surface area contributed by atoms with Gasteiger partial charge in [0.1, 0.15) is 6.54 Å². The lowest BCUT2D eigenvalue weighted by molar-refractivity contribution is -0.180. The summed E-state index contributed by atoms with van der Waals surface area (Å²) in [4.78, 5) is 26.8. The number of hydrogen-bond acceptors (Lipinski definition) is 3. The van der Waals surface area contributed by atoms with Crippen LogP contribution in [0.4, 0.5) is 0 Å². The fourth-order valence-corrected chi connectivity index (χ4v) is 4.22. The second-order valence-corrected chi connectivity index (χ2v) is 6.81. The maximum Gasteiger partial charge on any atom is 0.239 e. The van der Waals surface area contributed by atoms with Crippen molar-refractivity contribution in [2.75, 3.05) is 26.8 Å². The molecule has 0 radical (unpaired) electrons. The molecule has 1 heterocycles. The Labute approximate surface area is 143 Å². The van der Waals surface area contributed by atoms with Gasteiger partial charge < -0.3 is 15.0 Å². The molecule has 1 N–H and O–H groups in total. The molecule has 5 heteroatoms. The molecule has 24 heavy (non-hydrogen) atoms. The summed E-state index contributed by atoms with van der Waals surface area (Å²) in [5.74, 6) is 0.0323. The van der Waals surface area contributed by atoms with Gasteiger partial charge in [-0.25, -0.2) is 0 Å². The topological polar surface area (TPSA) is 58.6 Å². The normalized spacial score (nSPS) is 22.3. The number of likely N-dealkylation sites (tertiary alicyclic amines) is 1. The monoisotopic (exact) mass is 330 g/mol. The van der Waals surface area contributed by atoms with Crippen molar-refractivity contribution < 1.29 is 14.3 Å².